The Morgan fingerprint density at radius 1 is 1.33 bits per heavy atom. The van der Waals surface area contributed by atoms with Gasteiger partial charge in [0.05, 0.1) is 17.4 Å². The summed E-state index contributed by atoms with van der Waals surface area (Å²) in [5, 5.41) is 17.7. The molecule has 0 aliphatic carbocycles. The Hall–Kier alpha value is -1.33. The predicted molar refractivity (Wildman–Crippen MR) is 45.9 cm³/mol. The molecule has 1 aromatic heterocycles. The van der Waals surface area contributed by atoms with Crippen LogP contribution in [-0.4, -0.2) is 27.1 Å². The largest absolute Gasteiger partial charge is 0.488 e. The van der Waals surface area contributed by atoms with Crippen LogP contribution < -0.4 is 5.46 Å². The van der Waals surface area contributed by atoms with E-state index in [1.165, 1.54) is 0 Å². The second kappa shape index (κ2) is 2.62. The summed E-state index contributed by atoms with van der Waals surface area (Å²) >= 11 is 0. The fraction of sp³-hybridized carbons (Fsp3) is 0. The third-order valence-corrected chi connectivity index (χ3v) is 1.74. The highest BCUT2D eigenvalue weighted by molar-refractivity contribution is 6.58. The van der Waals surface area contributed by atoms with Crippen LogP contribution in [0.3, 0.4) is 0 Å². The van der Waals surface area contributed by atoms with Gasteiger partial charge in [-0.3, -0.25) is 0 Å². The van der Waals surface area contributed by atoms with Crippen molar-refractivity contribution in [2.75, 3.05) is 0 Å². The van der Waals surface area contributed by atoms with Crippen molar-refractivity contribution in [3.63, 3.8) is 0 Å². The summed E-state index contributed by atoms with van der Waals surface area (Å²) in [5.74, 6) is 0. The molecule has 0 saturated heterocycles. The molecule has 0 spiro atoms. The summed E-state index contributed by atoms with van der Waals surface area (Å²) in [6.45, 7) is 0. The Morgan fingerprint density at radius 2 is 2.17 bits per heavy atom. The molecule has 60 valence electrons. The summed E-state index contributed by atoms with van der Waals surface area (Å²) in [6.07, 6.45) is 1.57. The Bertz CT molecular complexity index is 399. The van der Waals surface area contributed by atoms with Crippen molar-refractivity contribution >= 4 is 23.6 Å². The molecule has 4 nitrogen and oxygen atoms in total. The van der Waals surface area contributed by atoms with E-state index in [9.17, 15) is 0 Å². The average Bonchev–Trinajstić information content (AvgIpc) is 2.49. The minimum absolute atomic E-state index is 0.453. The van der Waals surface area contributed by atoms with Crippen molar-refractivity contribution in [2.24, 2.45) is 0 Å². The maximum absolute atomic E-state index is 8.84. The molecule has 0 bridgehead atoms. The molecule has 0 unspecified atom stereocenters. The molecule has 2 aromatic rings. The highest BCUT2D eigenvalue weighted by atomic mass is 16.4. The Balaban J connectivity index is 2.60. The van der Waals surface area contributed by atoms with E-state index < -0.39 is 7.12 Å². The minimum Gasteiger partial charge on any atom is -0.423 e. The van der Waals surface area contributed by atoms with E-state index in [1.807, 2.05) is 0 Å². The van der Waals surface area contributed by atoms with Crippen molar-refractivity contribution in [1.29, 1.82) is 0 Å². The van der Waals surface area contributed by atoms with Gasteiger partial charge in [-0.2, -0.15) is 0 Å². The van der Waals surface area contributed by atoms with E-state index in [4.69, 9.17) is 10.0 Å². The molecule has 0 saturated carbocycles. The molecular formula is C7H7BN2O2. The van der Waals surface area contributed by atoms with Crippen LogP contribution in [0.25, 0.3) is 11.0 Å². The zero-order valence-corrected chi connectivity index (χ0v) is 6.23. The summed E-state index contributed by atoms with van der Waals surface area (Å²) in [7, 11) is -1.42. The molecule has 0 fully saturated rings. The number of rotatable bonds is 1. The van der Waals surface area contributed by atoms with Crippen molar-refractivity contribution in [3.8, 4) is 0 Å². The summed E-state index contributed by atoms with van der Waals surface area (Å²) in [5.41, 5.74) is 2.08. The maximum atomic E-state index is 8.84. The first-order chi connectivity index (χ1) is 5.77. The third kappa shape index (κ3) is 1.09. The van der Waals surface area contributed by atoms with Crippen LogP contribution in [0.4, 0.5) is 0 Å². The number of hydrogen-bond donors (Lipinski definition) is 3. The topological polar surface area (TPSA) is 69.1 Å². The predicted octanol–water partition coefficient (Wildman–Crippen LogP) is -0.757. The van der Waals surface area contributed by atoms with E-state index in [0.717, 1.165) is 11.0 Å². The second-order valence-electron chi connectivity index (χ2n) is 2.55. The summed E-state index contributed by atoms with van der Waals surface area (Å²) in [6, 6.07) is 5.04. The Labute approximate surface area is 69.0 Å². The van der Waals surface area contributed by atoms with Crippen molar-refractivity contribution in [3.05, 3.63) is 24.5 Å². The zero-order chi connectivity index (χ0) is 8.55. The van der Waals surface area contributed by atoms with E-state index in [0.29, 0.717) is 5.46 Å². The molecule has 3 N–H and O–H groups in total. The van der Waals surface area contributed by atoms with Crippen LogP contribution in [-0.2, 0) is 0 Å². The SMILES string of the molecule is OB(O)c1ccc2[nH]cnc2c1. The standard InChI is InChI=1S/C7H7BN2O2/c11-8(12)5-1-2-6-7(3-5)10-4-9-6/h1-4,11-12H,(H,9,10). The third-order valence-electron chi connectivity index (χ3n) is 1.74. The lowest BCUT2D eigenvalue weighted by atomic mass is 9.80. The molecule has 0 atom stereocenters. The number of nitrogens with one attached hydrogen (secondary N) is 1. The molecule has 0 aliphatic heterocycles. The summed E-state index contributed by atoms with van der Waals surface area (Å²) < 4.78 is 0. The van der Waals surface area contributed by atoms with Gasteiger partial charge in [0, 0.05) is 0 Å². The van der Waals surface area contributed by atoms with Gasteiger partial charge in [0.15, 0.2) is 0 Å². The van der Waals surface area contributed by atoms with Crippen molar-refractivity contribution in [1.82, 2.24) is 9.97 Å². The highest BCUT2D eigenvalue weighted by Crippen LogP contribution is 2.05. The lowest BCUT2D eigenvalue weighted by Gasteiger charge is -1.96. The van der Waals surface area contributed by atoms with Gasteiger partial charge in [-0.05, 0) is 17.6 Å². The molecule has 0 amide bonds. The van der Waals surface area contributed by atoms with E-state index >= 15 is 0 Å². The Morgan fingerprint density at radius 3 is 2.92 bits per heavy atom. The smallest absolute Gasteiger partial charge is 0.423 e. The molecule has 2 rings (SSSR count). The van der Waals surface area contributed by atoms with Gasteiger partial charge in [-0.15, -0.1) is 0 Å². The highest BCUT2D eigenvalue weighted by Gasteiger charge is 2.10. The second-order valence-corrected chi connectivity index (χ2v) is 2.55. The van der Waals surface area contributed by atoms with Gasteiger partial charge < -0.3 is 15.0 Å². The van der Waals surface area contributed by atoms with Crippen LogP contribution >= 0.6 is 0 Å². The lowest BCUT2D eigenvalue weighted by molar-refractivity contribution is 0.426. The maximum Gasteiger partial charge on any atom is 0.488 e. The van der Waals surface area contributed by atoms with Gasteiger partial charge in [0.1, 0.15) is 0 Å². The van der Waals surface area contributed by atoms with Crippen molar-refractivity contribution < 1.29 is 10.0 Å². The van der Waals surface area contributed by atoms with Crippen LogP contribution in [0.2, 0.25) is 0 Å². The number of imidazole rings is 1. The van der Waals surface area contributed by atoms with Gasteiger partial charge in [-0.25, -0.2) is 4.98 Å². The molecular weight excluding hydrogens is 155 g/mol. The quantitative estimate of drug-likeness (QED) is 0.483. The average molecular weight is 162 g/mol. The molecule has 5 heteroatoms. The molecule has 12 heavy (non-hydrogen) atoms. The first kappa shape index (κ1) is 7.33. The van der Waals surface area contributed by atoms with Gasteiger partial charge in [0.25, 0.3) is 0 Å². The number of nitrogens with zero attached hydrogens (tertiary/aromatic N) is 1. The monoisotopic (exact) mass is 162 g/mol. The summed E-state index contributed by atoms with van der Waals surface area (Å²) in [4.78, 5) is 6.90. The first-order valence-electron chi connectivity index (χ1n) is 3.56. The fourth-order valence-electron chi connectivity index (χ4n) is 1.11. The number of H-pyrrole nitrogens is 1. The lowest BCUT2D eigenvalue weighted by Crippen LogP contribution is -2.29. The Kier molecular flexibility index (Phi) is 1.60. The molecule has 1 heterocycles. The van der Waals surface area contributed by atoms with E-state index in [-0.39, 0.29) is 0 Å². The number of benzene rings is 1. The number of hydrogen-bond acceptors (Lipinski definition) is 3. The van der Waals surface area contributed by atoms with E-state index in [1.54, 1.807) is 24.5 Å². The normalized spacial score (nSPS) is 10.5. The number of fused-ring (bicyclic) bond motifs is 1. The van der Waals surface area contributed by atoms with Crippen molar-refractivity contribution in [2.45, 2.75) is 0 Å². The molecule has 1 aromatic carbocycles. The van der Waals surface area contributed by atoms with Gasteiger partial charge >= 0.3 is 7.12 Å². The number of aromatic amines is 1. The van der Waals surface area contributed by atoms with Crippen LogP contribution in [0, 0.1) is 0 Å². The zero-order valence-electron chi connectivity index (χ0n) is 6.23. The van der Waals surface area contributed by atoms with Gasteiger partial charge in [0.2, 0.25) is 0 Å². The van der Waals surface area contributed by atoms with E-state index in [2.05, 4.69) is 9.97 Å². The van der Waals surface area contributed by atoms with Crippen LogP contribution in [0.1, 0.15) is 0 Å². The van der Waals surface area contributed by atoms with Crippen LogP contribution in [0.5, 0.6) is 0 Å². The number of aromatic nitrogens is 2. The fourth-order valence-corrected chi connectivity index (χ4v) is 1.11. The minimum atomic E-state index is -1.42. The van der Waals surface area contributed by atoms with Crippen LogP contribution in [0.15, 0.2) is 24.5 Å². The molecule has 0 radical (unpaired) electrons. The molecule has 0 aliphatic rings. The first-order valence-corrected chi connectivity index (χ1v) is 3.56. The van der Waals surface area contributed by atoms with Gasteiger partial charge in [-0.1, -0.05) is 6.07 Å².